The highest BCUT2D eigenvalue weighted by Gasteiger charge is 2.17. The summed E-state index contributed by atoms with van der Waals surface area (Å²) in [6.07, 6.45) is 4.04. The van der Waals surface area contributed by atoms with E-state index in [2.05, 4.69) is 9.97 Å². The first kappa shape index (κ1) is 11.5. The third-order valence-corrected chi connectivity index (χ3v) is 3.65. The van der Waals surface area contributed by atoms with Gasteiger partial charge in [-0.15, -0.1) is 0 Å². The Labute approximate surface area is 106 Å². The quantitative estimate of drug-likeness (QED) is 0.896. The fourth-order valence-corrected chi connectivity index (χ4v) is 2.50. The monoisotopic (exact) mass is 246 g/mol. The largest absolute Gasteiger partial charge is 0.381 e. The molecule has 5 nitrogen and oxygen atoms in total. The van der Waals surface area contributed by atoms with E-state index in [0.29, 0.717) is 11.9 Å². The van der Waals surface area contributed by atoms with Gasteiger partial charge in [0.2, 0.25) is 5.95 Å². The van der Waals surface area contributed by atoms with Crippen LogP contribution < -0.4 is 5.73 Å². The molecule has 0 radical (unpaired) electrons. The highest BCUT2D eigenvalue weighted by atomic mass is 16.5. The summed E-state index contributed by atoms with van der Waals surface area (Å²) in [5.74, 6) is 1.21. The zero-order valence-corrected chi connectivity index (χ0v) is 10.6. The van der Waals surface area contributed by atoms with Crippen LogP contribution >= 0.6 is 0 Å². The molecule has 96 valence electrons. The molecule has 1 saturated heterocycles. The topological polar surface area (TPSA) is 66.0 Å². The first-order valence-corrected chi connectivity index (χ1v) is 6.41. The first-order valence-electron chi connectivity index (χ1n) is 6.41. The third kappa shape index (κ3) is 1.95. The molecule has 2 aromatic rings. The van der Waals surface area contributed by atoms with E-state index in [9.17, 15) is 0 Å². The number of nitrogens with zero attached hydrogens (tertiary/aromatic N) is 3. The lowest BCUT2D eigenvalue weighted by molar-refractivity contribution is 0.183. The number of anilines is 1. The average molecular weight is 246 g/mol. The van der Waals surface area contributed by atoms with E-state index < -0.39 is 0 Å². The van der Waals surface area contributed by atoms with Crippen LogP contribution in [0, 0.1) is 12.8 Å². The molecule has 0 saturated carbocycles. The van der Waals surface area contributed by atoms with E-state index in [-0.39, 0.29) is 0 Å². The minimum absolute atomic E-state index is 0.561. The molecule has 0 bridgehead atoms. The number of pyridine rings is 1. The Morgan fingerprint density at radius 1 is 1.56 bits per heavy atom. The lowest BCUT2D eigenvalue weighted by atomic mass is 10.1. The number of aryl methyl sites for hydroxylation is 2. The van der Waals surface area contributed by atoms with Gasteiger partial charge >= 0.3 is 0 Å². The summed E-state index contributed by atoms with van der Waals surface area (Å²) in [6, 6.07) is 1.96. The molecule has 18 heavy (non-hydrogen) atoms. The summed E-state index contributed by atoms with van der Waals surface area (Å²) in [5.41, 5.74) is 8.92. The molecule has 3 heterocycles. The van der Waals surface area contributed by atoms with Gasteiger partial charge in [0, 0.05) is 26.0 Å². The van der Waals surface area contributed by atoms with E-state index in [0.717, 1.165) is 49.3 Å². The smallest absolute Gasteiger partial charge is 0.202 e. The van der Waals surface area contributed by atoms with Gasteiger partial charge in [0.1, 0.15) is 5.52 Å². The van der Waals surface area contributed by atoms with E-state index in [1.165, 1.54) is 0 Å². The second-order valence-corrected chi connectivity index (χ2v) is 4.94. The summed E-state index contributed by atoms with van der Waals surface area (Å²) >= 11 is 0. The van der Waals surface area contributed by atoms with Crippen LogP contribution in [0.5, 0.6) is 0 Å². The average Bonchev–Trinajstić information content (AvgIpc) is 2.95. The molecule has 0 aliphatic carbocycles. The summed E-state index contributed by atoms with van der Waals surface area (Å²) in [7, 11) is 0. The van der Waals surface area contributed by atoms with Crippen LogP contribution in [-0.2, 0) is 11.3 Å². The van der Waals surface area contributed by atoms with Crippen molar-refractivity contribution in [1.82, 2.24) is 14.5 Å². The Morgan fingerprint density at radius 3 is 3.22 bits per heavy atom. The summed E-state index contributed by atoms with van der Waals surface area (Å²) in [4.78, 5) is 8.80. The van der Waals surface area contributed by atoms with Crippen LogP contribution in [0.4, 0.5) is 5.95 Å². The first-order chi connectivity index (χ1) is 8.75. The van der Waals surface area contributed by atoms with E-state index in [1.54, 1.807) is 0 Å². The minimum atomic E-state index is 0.561. The standard InChI is InChI=1S/C13H18N4O/c1-9-2-5-15-12-11(9)16-13(14)17(12)6-3-10-4-7-18-8-10/h2,5,10H,3-4,6-8H2,1H3,(H2,14,16). The van der Waals surface area contributed by atoms with Crippen molar-refractivity contribution < 1.29 is 4.74 Å². The number of rotatable bonds is 3. The van der Waals surface area contributed by atoms with Gasteiger partial charge in [-0.3, -0.25) is 4.57 Å². The van der Waals surface area contributed by atoms with Crippen LogP contribution in [-0.4, -0.2) is 27.7 Å². The van der Waals surface area contributed by atoms with Gasteiger partial charge in [-0.25, -0.2) is 9.97 Å². The van der Waals surface area contributed by atoms with Crippen molar-refractivity contribution in [3.05, 3.63) is 17.8 Å². The second kappa shape index (κ2) is 4.57. The fraction of sp³-hybridized carbons (Fsp3) is 0.538. The van der Waals surface area contributed by atoms with Crippen LogP contribution in [0.2, 0.25) is 0 Å². The van der Waals surface area contributed by atoms with Crippen LogP contribution in [0.15, 0.2) is 12.3 Å². The molecule has 0 aromatic carbocycles. The van der Waals surface area contributed by atoms with E-state index >= 15 is 0 Å². The Morgan fingerprint density at radius 2 is 2.44 bits per heavy atom. The normalized spacial score (nSPS) is 19.7. The molecule has 0 amide bonds. The number of ether oxygens (including phenoxy) is 1. The lowest BCUT2D eigenvalue weighted by Crippen LogP contribution is -2.09. The zero-order chi connectivity index (χ0) is 12.5. The molecule has 2 aromatic heterocycles. The number of hydrogen-bond donors (Lipinski definition) is 1. The number of nitrogen functional groups attached to an aromatic ring is 1. The number of nitrogens with two attached hydrogens (primary N) is 1. The molecule has 5 heteroatoms. The predicted molar refractivity (Wildman–Crippen MR) is 70.2 cm³/mol. The number of imidazole rings is 1. The molecular weight excluding hydrogens is 228 g/mol. The van der Waals surface area contributed by atoms with Gasteiger partial charge in [-0.1, -0.05) is 0 Å². The molecular formula is C13H18N4O. The molecule has 1 aliphatic rings. The minimum Gasteiger partial charge on any atom is -0.381 e. The molecule has 1 atom stereocenters. The maximum Gasteiger partial charge on any atom is 0.202 e. The Bertz CT molecular complexity index is 557. The van der Waals surface area contributed by atoms with Crippen molar-refractivity contribution in [2.75, 3.05) is 18.9 Å². The summed E-state index contributed by atoms with van der Waals surface area (Å²) < 4.78 is 7.41. The summed E-state index contributed by atoms with van der Waals surface area (Å²) in [6.45, 7) is 4.67. The number of aromatic nitrogens is 3. The second-order valence-electron chi connectivity index (χ2n) is 4.94. The fourth-order valence-electron chi connectivity index (χ4n) is 2.50. The van der Waals surface area contributed by atoms with Crippen LogP contribution in [0.3, 0.4) is 0 Å². The van der Waals surface area contributed by atoms with Gasteiger partial charge in [0.25, 0.3) is 0 Å². The molecule has 2 N–H and O–H groups in total. The maximum atomic E-state index is 5.99. The molecule has 1 fully saturated rings. The van der Waals surface area contributed by atoms with Crippen molar-refractivity contribution >= 4 is 17.1 Å². The zero-order valence-electron chi connectivity index (χ0n) is 10.6. The van der Waals surface area contributed by atoms with E-state index in [4.69, 9.17) is 10.5 Å². The summed E-state index contributed by atoms with van der Waals surface area (Å²) in [5, 5.41) is 0. The molecule has 3 rings (SSSR count). The van der Waals surface area contributed by atoms with Crippen molar-refractivity contribution in [3.63, 3.8) is 0 Å². The van der Waals surface area contributed by atoms with Gasteiger partial charge in [-0.2, -0.15) is 0 Å². The van der Waals surface area contributed by atoms with Crippen molar-refractivity contribution in [2.45, 2.75) is 26.3 Å². The van der Waals surface area contributed by atoms with Crippen molar-refractivity contribution in [3.8, 4) is 0 Å². The van der Waals surface area contributed by atoms with Gasteiger partial charge < -0.3 is 10.5 Å². The van der Waals surface area contributed by atoms with Gasteiger partial charge in [0.15, 0.2) is 5.65 Å². The highest BCUT2D eigenvalue weighted by Crippen LogP contribution is 2.22. The lowest BCUT2D eigenvalue weighted by Gasteiger charge is -2.09. The van der Waals surface area contributed by atoms with Gasteiger partial charge in [-0.05, 0) is 37.3 Å². The highest BCUT2D eigenvalue weighted by molar-refractivity contribution is 5.77. The Hall–Kier alpha value is -1.62. The molecule has 0 spiro atoms. The Balaban J connectivity index is 1.86. The number of hydrogen-bond acceptors (Lipinski definition) is 4. The predicted octanol–water partition coefficient (Wildman–Crippen LogP) is 1.75. The number of fused-ring (bicyclic) bond motifs is 1. The molecule has 1 aliphatic heterocycles. The molecule has 1 unspecified atom stereocenters. The third-order valence-electron chi connectivity index (χ3n) is 3.65. The SMILES string of the molecule is Cc1ccnc2c1nc(N)n2CCC1CCOC1. The van der Waals surface area contributed by atoms with E-state index in [1.807, 2.05) is 23.8 Å². The Kier molecular flexibility index (Phi) is 2.91. The van der Waals surface area contributed by atoms with Crippen molar-refractivity contribution in [2.24, 2.45) is 5.92 Å². The van der Waals surface area contributed by atoms with Crippen LogP contribution in [0.1, 0.15) is 18.4 Å². The van der Waals surface area contributed by atoms with Gasteiger partial charge in [0.05, 0.1) is 0 Å². The van der Waals surface area contributed by atoms with Crippen LogP contribution in [0.25, 0.3) is 11.2 Å². The van der Waals surface area contributed by atoms with Crippen molar-refractivity contribution in [1.29, 1.82) is 0 Å². The maximum absolute atomic E-state index is 5.99.